The van der Waals surface area contributed by atoms with E-state index in [1.165, 1.54) is 6.07 Å². The lowest BCUT2D eigenvalue weighted by atomic mass is 10.2. The quantitative estimate of drug-likeness (QED) is 0.654. The molecular weight excluding hydrogens is 322 g/mol. The summed E-state index contributed by atoms with van der Waals surface area (Å²) in [5.74, 6) is -1.87. The van der Waals surface area contributed by atoms with Crippen molar-refractivity contribution in [3.63, 3.8) is 0 Å². The number of carbonyl (C=O) groups excluding carboxylic acids is 1. The first kappa shape index (κ1) is 16.8. The summed E-state index contributed by atoms with van der Waals surface area (Å²) >= 11 is 5.07. The first-order valence-corrected chi connectivity index (χ1v) is 7.20. The van der Waals surface area contributed by atoms with Crippen molar-refractivity contribution < 1.29 is 18.3 Å². The molecule has 0 aliphatic heterocycles. The number of anilines is 2. The zero-order valence-electron chi connectivity index (χ0n) is 12.2. The first-order chi connectivity index (χ1) is 11.0. The van der Waals surface area contributed by atoms with Crippen LogP contribution in [0, 0.1) is 11.6 Å². The highest BCUT2D eigenvalue weighted by Gasteiger charge is 2.09. The normalized spacial score (nSPS) is 10.0. The fourth-order valence-electron chi connectivity index (χ4n) is 1.81. The van der Waals surface area contributed by atoms with E-state index in [1.807, 2.05) is 0 Å². The molecule has 7 heteroatoms. The fraction of sp³-hybridized carbons (Fsp3) is 0.125. The Balaban J connectivity index is 2.05. The van der Waals surface area contributed by atoms with Crippen LogP contribution in [0.3, 0.4) is 0 Å². The van der Waals surface area contributed by atoms with Crippen molar-refractivity contribution in [1.29, 1.82) is 0 Å². The third kappa shape index (κ3) is 4.72. The first-order valence-electron chi connectivity index (χ1n) is 6.80. The van der Waals surface area contributed by atoms with Crippen molar-refractivity contribution in [3.8, 4) is 0 Å². The Kier molecular flexibility index (Phi) is 5.59. The zero-order valence-corrected chi connectivity index (χ0v) is 13.0. The van der Waals surface area contributed by atoms with Gasteiger partial charge in [-0.25, -0.2) is 13.6 Å². The van der Waals surface area contributed by atoms with Gasteiger partial charge in [0.1, 0.15) is 11.6 Å². The zero-order chi connectivity index (χ0) is 16.8. The largest absolute Gasteiger partial charge is 0.462 e. The Morgan fingerprint density at radius 1 is 1.17 bits per heavy atom. The van der Waals surface area contributed by atoms with Crippen LogP contribution < -0.4 is 10.6 Å². The Labute approximate surface area is 137 Å². The highest BCUT2D eigenvalue weighted by molar-refractivity contribution is 7.80. The highest BCUT2D eigenvalue weighted by Crippen LogP contribution is 2.16. The number of carbonyl (C=O) groups is 1. The van der Waals surface area contributed by atoms with Crippen LogP contribution in [0.15, 0.2) is 42.5 Å². The van der Waals surface area contributed by atoms with Crippen molar-refractivity contribution in [2.24, 2.45) is 0 Å². The molecule has 2 aromatic rings. The van der Waals surface area contributed by atoms with Crippen LogP contribution in [0.4, 0.5) is 20.2 Å². The lowest BCUT2D eigenvalue weighted by molar-refractivity contribution is 0.0526. The molecule has 2 N–H and O–H groups in total. The molecule has 0 bridgehead atoms. The van der Waals surface area contributed by atoms with Gasteiger partial charge in [-0.05, 0) is 49.5 Å². The van der Waals surface area contributed by atoms with Crippen molar-refractivity contribution in [1.82, 2.24) is 0 Å². The monoisotopic (exact) mass is 336 g/mol. The smallest absolute Gasteiger partial charge is 0.338 e. The van der Waals surface area contributed by atoms with Gasteiger partial charge in [0.25, 0.3) is 0 Å². The number of halogens is 2. The summed E-state index contributed by atoms with van der Waals surface area (Å²) in [5.41, 5.74) is 0.952. The number of benzene rings is 2. The van der Waals surface area contributed by atoms with Gasteiger partial charge in [-0.1, -0.05) is 6.07 Å². The van der Waals surface area contributed by atoms with Gasteiger partial charge in [0.05, 0.1) is 17.9 Å². The third-order valence-corrected chi connectivity index (χ3v) is 3.02. The molecule has 23 heavy (non-hydrogen) atoms. The van der Waals surface area contributed by atoms with Crippen LogP contribution in [0.2, 0.25) is 0 Å². The summed E-state index contributed by atoms with van der Waals surface area (Å²) in [6.45, 7) is 2.00. The van der Waals surface area contributed by atoms with Gasteiger partial charge in [-0.15, -0.1) is 0 Å². The molecule has 0 saturated carbocycles. The van der Waals surface area contributed by atoms with Gasteiger partial charge >= 0.3 is 5.97 Å². The topological polar surface area (TPSA) is 50.4 Å². The Morgan fingerprint density at radius 3 is 2.65 bits per heavy atom. The second-order valence-corrected chi connectivity index (χ2v) is 4.91. The van der Waals surface area contributed by atoms with Gasteiger partial charge in [0.15, 0.2) is 5.11 Å². The lowest BCUT2D eigenvalue weighted by Gasteiger charge is -2.12. The molecular formula is C16H14F2N2O2S. The van der Waals surface area contributed by atoms with Crippen molar-refractivity contribution in [2.75, 3.05) is 17.2 Å². The number of thiocarbonyl (C=S) groups is 1. The summed E-state index contributed by atoms with van der Waals surface area (Å²) in [6.07, 6.45) is 0. The van der Waals surface area contributed by atoms with Gasteiger partial charge in [-0.3, -0.25) is 0 Å². The molecule has 4 nitrogen and oxygen atoms in total. The second-order valence-electron chi connectivity index (χ2n) is 4.50. The van der Waals surface area contributed by atoms with Crippen LogP contribution >= 0.6 is 12.2 Å². The molecule has 0 unspecified atom stereocenters. The van der Waals surface area contributed by atoms with Gasteiger partial charge in [0.2, 0.25) is 0 Å². The average molecular weight is 336 g/mol. The van der Waals surface area contributed by atoms with E-state index in [1.54, 1.807) is 31.2 Å². The Morgan fingerprint density at radius 2 is 1.96 bits per heavy atom. The maximum atomic E-state index is 13.6. The van der Waals surface area contributed by atoms with Gasteiger partial charge in [0, 0.05) is 11.8 Å². The van der Waals surface area contributed by atoms with E-state index in [0.29, 0.717) is 11.3 Å². The van der Waals surface area contributed by atoms with Crippen molar-refractivity contribution >= 4 is 34.7 Å². The number of rotatable bonds is 4. The standard InChI is InChI=1S/C16H14F2N2O2S/c1-2-22-15(21)10-4-3-5-12(8-10)19-16(23)20-14-7-6-11(17)9-13(14)18/h3-9H,2H2,1H3,(H2,19,20,23). The predicted octanol–water partition coefficient (Wildman–Crippen LogP) is 3.95. The molecule has 0 heterocycles. The van der Waals surface area contributed by atoms with Gasteiger partial charge in [-0.2, -0.15) is 0 Å². The van der Waals surface area contributed by atoms with Crippen LogP contribution in [0.1, 0.15) is 17.3 Å². The molecule has 0 amide bonds. The fourth-order valence-corrected chi connectivity index (χ4v) is 2.04. The molecule has 2 aromatic carbocycles. The number of hydrogen-bond donors (Lipinski definition) is 2. The Hall–Kier alpha value is -2.54. The number of nitrogens with one attached hydrogen (secondary N) is 2. The van der Waals surface area contributed by atoms with E-state index in [4.69, 9.17) is 17.0 Å². The van der Waals surface area contributed by atoms with Gasteiger partial charge < -0.3 is 15.4 Å². The number of esters is 1. The minimum Gasteiger partial charge on any atom is -0.462 e. The molecule has 0 saturated heterocycles. The van der Waals surface area contributed by atoms with E-state index in [2.05, 4.69) is 10.6 Å². The van der Waals surface area contributed by atoms with E-state index >= 15 is 0 Å². The Bertz CT molecular complexity index is 738. The van der Waals surface area contributed by atoms with Crippen LogP contribution in [-0.4, -0.2) is 17.7 Å². The summed E-state index contributed by atoms with van der Waals surface area (Å²) < 4.78 is 31.3. The maximum absolute atomic E-state index is 13.6. The van der Waals surface area contributed by atoms with Crippen molar-refractivity contribution in [3.05, 3.63) is 59.7 Å². The van der Waals surface area contributed by atoms with Crippen LogP contribution in [0.25, 0.3) is 0 Å². The van der Waals surface area contributed by atoms with E-state index in [9.17, 15) is 13.6 Å². The molecule has 0 aliphatic rings. The van der Waals surface area contributed by atoms with E-state index < -0.39 is 17.6 Å². The number of hydrogen-bond acceptors (Lipinski definition) is 3. The predicted molar refractivity (Wildman–Crippen MR) is 88.6 cm³/mol. The number of ether oxygens (including phenoxy) is 1. The van der Waals surface area contributed by atoms with Crippen LogP contribution in [0.5, 0.6) is 0 Å². The lowest BCUT2D eigenvalue weighted by Crippen LogP contribution is -2.20. The molecule has 0 atom stereocenters. The summed E-state index contributed by atoms with van der Waals surface area (Å²) in [6, 6.07) is 9.65. The average Bonchev–Trinajstić information content (AvgIpc) is 2.50. The molecule has 0 radical (unpaired) electrons. The molecule has 0 spiro atoms. The maximum Gasteiger partial charge on any atom is 0.338 e. The summed E-state index contributed by atoms with van der Waals surface area (Å²) in [5, 5.41) is 5.55. The molecule has 0 aromatic heterocycles. The summed E-state index contributed by atoms with van der Waals surface area (Å²) in [7, 11) is 0. The molecule has 120 valence electrons. The third-order valence-electron chi connectivity index (χ3n) is 2.81. The van der Waals surface area contributed by atoms with Crippen molar-refractivity contribution in [2.45, 2.75) is 6.92 Å². The molecule has 0 aliphatic carbocycles. The van der Waals surface area contributed by atoms with E-state index in [0.717, 1.165) is 12.1 Å². The highest BCUT2D eigenvalue weighted by atomic mass is 32.1. The molecule has 2 rings (SSSR count). The van der Waals surface area contributed by atoms with E-state index in [-0.39, 0.29) is 17.4 Å². The summed E-state index contributed by atoms with van der Waals surface area (Å²) in [4.78, 5) is 11.7. The molecule has 0 fully saturated rings. The minimum atomic E-state index is -0.755. The minimum absolute atomic E-state index is 0.0467. The van der Waals surface area contributed by atoms with Crippen LogP contribution in [-0.2, 0) is 4.74 Å². The second kappa shape index (κ2) is 7.64. The SMILES string of the molecule is CCOC(=O)c1cccc(NC(=S)Nc2ccc(F)cc2F)c1.